The summed E-state index contributed by atoms with van der Waals surface area (Å²) >= 11 is 0. The molecule has 2 heterocycles. The number of amides is 2. The minimum atomic E-state index is -0.592. The standard InChI is InChI=1S/C28H29N3O4/c1-2-6-26(32)31-15-13-20(14-16-31)17-21-18-25(27(29)33)28(30-19-21)35-24-11-9-23(10-12-24)34-22-7-4-3-5-8-22/h2-12,18-20H,13-17H2,1H3,(H2,29,33)/b6-2+. The predicted molar refractivity (Wildman–Crippen MR) is 134 cm³/mol. The van der Waals surface area contributed by atoms with Crippen molar-refractivity contribution in [2.24, 2.45) is 11.7 Å². The van der Waals surface area contributed by atoms with Crippen LogP contribution in [0.5, 0.6) is 23.1 Å². The summed E-state index contributed by atoms with van der Waals surface area (Å²) in [5.74, 6) is 1.98. The number of rotatable bonds is 8. The van der Waals surface area contributed by atoms with Gasteiger partial charge >= 0.3 is 0 Å². The van der Waals surface area contributed by atoms with E-state index in [4.69, 9.17) is 15.2 Å². The molecule has 7 nitrogen and oxygen atoms in total. The zero-order valence-electron chi connectivity index (χ0n) is 19.7. The number of aromatic nitrogens is 1. The van der Waals surface area contributed by atoms with Crippen molar-refractivity contribution in [1.82, 2.24) is 9.88 Å². The van der Waals surface area contributed by atoms with Gasteiger partial charge in [0.05, 0.1) is 0 Å². The molecular weight excluding hydrogens is 442 g/mol. The summed E-state index contributed by atoms with van der Waals surface area (Å²) in [5, 5.41) is 0. The molecule has 2 amide bonds. The van der Waals surface area contributed by atoms with Gasteiger partial charge in [-0.1, -0.05) is 24.3 Å². The normalized spacial score (nSPS) is 14.1. The van der Waals surface area contributed by atoms with Crippen LogP contribution in [0.4, 0.5) is 0 Å². The van der Waals surface area contributed by atoms with Crippen LogP contribution in [0.3, 0.4) is 0 Å². The predicted octanol–water partition coefficient (Wildman–Crippen LogP) is 5.12. The summed E-state index contributed by atoms with van der Waals surface area (Å²) in [5.41, 5.74) is 6.80. The summed E-state index contributed by atoms with van der Waals surface area (Å²) in [4.78, 5) is 30.4. The van der Waals surface area contributed by atoms with Gasteiger partial charge in [-0.15, -0.1) is 0 Å². The van der Waals surface area contributed by atoms with Crippen LogP contribution in [0.15, 0.2) is 79.0 Å². The molecule has 7 heteroatoms. The Hall–Kier alpha value is -4.13. The molecular formula is C28H29N3O4. The third kappa shape index (κ3) is 6.47. The maximum Gasteiger partial charge on any atom is 0.254 e. The zero-order valence-corrected chi connectivity index (χ0v) is 19.7. The SMILES string of the molecule is C/C=C/C(=O)N1CCC(Cc2cnc(Oc3ccc(Oc4ccccc4)cc3)c(C(N)=O)c2)CC1. The lowest BCUT2D eigenvalue weighted by molar-refractivity contribution is -0.127. The van der Waals surface area contributed by atoms with Crippen molar-refractivity contribution >= 4 is 11.8 Å². The van der Waals surface area contributed by atoms with E-state index in [1.54, 1.807) is 48.7 Å². The molecule has 2 N–H and O–H groups in total. The molecule has 0 saturated carbocycles. The van der Waals surface area contributed by atoms with E-state index >= 15 is 0 Å². The van der Waals surface area contributed by atoms with Crippen molar-refractivity contribution in [3.05, 3.63) is 90.1 Å². The third-order valence-electron chi connectivity index (χ3n) is 5.95. The molecule has 0 bridgehead atoms. The molecule has 4 rings (SSSR count). The number of para-hydroxylation sites is 1. The summed E-state index contributed by atoms with van der Waals surface area (Å²) in [6.07, 6.45) is 7.68. The van der Waals surface area contributed by atoms with Gasteiger partial charge in [-0.25, -0.2) is 4.98 Å². The van der Waals surface area contributed by atoms with Gasteiger partial charge < -0.3 is 20.1 Å². The lowest BCUT2D eigenvalue weighted by Gasteiger charge is -2.31. The van der Waals surface area contributed by atoms with Gasteiger partial charge in [-0.2, -0.15) is 0 Å². The van der Waals surface area contributed by atoms with Crippen molar-refractivity contribution in [2.45, 2.75) is 26.2 Å². The molecule has 1 saturated heterocycles. The average molecular weight is 472 g/mol. The number of allylic oxidation sites excluding steroid dienone is 1. The van der Waals surface area contributed by atoms with Gasteiger partial charge in [-0.05, 0) is 86.2 Å². The number of benzene rings is 2. The first kappa shape index (κ1) is 24.0. The topological polar surface area (TPSA) is 94.8 Å². The molecule has 1 fully saturated rings. The molecule has 1 aliphatic heterocycles. The van der Waals surface area contributed by atoms with Crippen molar-refractivity contribution < 1.29 is 19.1 Å². The lowest BCUT2D eigenvalue weighted by atomic mass is 9.90. The van der Waals surface area contributed by atoms with Crippen LogP contribution in [0.1, 0.15) is 35.7 Å². The molecule has 0 radical (unpaired) electrons. The van der Waals surface area contributed by atoms with Crippen LogP contribution >= 0.6 is 0 Å². The van der Waals surface area contributed by atoms with E-state index in [1.165, 1.54) is 0 Å². The molecule has 2 aromatic carbocycles. The Morgan fingerprint density at radius 1 is 1.00 bits per heavy atom. The second-order valence-electron chi connectivity index (χ2n) is 8.52. The number of carbonyl (C=O) groups excluding carboxylic acids is 2. The Morgan fingerprint density at radius 3 is 2.26 bits per heavy atom. The van der Waals surface area contributed by atoms with E-state index in [-0.39, 0.29) is 17.4 Å². The Balaban J connectivity index is 1.39. The molecule has 180 valence electrons. The summed E-state index contributed by atoms with van der Waals surface area (Å²) in [6, 6.07) is 18.3. The fourth-order valence-electron chi connectivity index (χ4n) is 4.12. The highest BCUT2D eigenvalue weighted by Crippen LogP contribution is 2.29. The molecule has 1 aliphatic rings. The van der Waals surface area contributed by atoms with E-state index < -0.39 is 5.91 Å². The summed E-state index contributed by atoms with van der Waals surface area (Å²) < 4.78 is 11.7. The maximum atomic E-state index is 12.1. The minimum Gasteiger partial charge on any atom is -0.457 e. The second-order valence-corrected chi connectivity index (χ2v) is 8.52. The Bertz CT molecular complexity index is 1180. The van der Waals surface area contributed by atoms with Crippen LogP contribution in [0.25, 0.3) is 0 Å². The summed E-state index contributed by atoms with van der Waals surface area (Å²) in [6.45, 7) is 3.31. The van der Waals surface area contributed by atoms with Crippen molar-refractivity contribution in [2.75, 3.05) is 13.1 Å². The van der Waals surface area contributed by atoms with Crippen LogP contribution in [0, 0.1) is 5.92 Å². The first-order valence-corrected chi connectivity index (χ1v) is 11.7. The zero-order chi connectivity index (χ0) is 24.6. The van der Waals surface area contributed by atoms with E-state index in [0.717, 1.165) is 43.7 Å². The number of nitrogens with two attached hydrogens (primary N) is 1. The van der Waals surface area contributed by atoms with Crippen molar-refractivity contribution in [3.63, 3.8) is 0 Å². The number of hydrogen-bond acceptors (Lipinski definition) is 5. The van der Waals surface area contributed by atoms with Crippen molar-refractivity contribution in [1.29, 1.82) is 0 Å². The van der Waals surface area contributed by atoms with Gasteiger partial charge in [0.1, 0.15) is 22.8 Å². The van der Waals surface area contributed by atoms with Crippen molar-refractivity contribution in [3.8, 4) is 23.1 Å². The number of piperidine rings is 1. The Morgan fingerprint density at radius 2 is 1.63 bits per heavy atom. The largest absolute Gasteiger partial charge is 0.457 e. The van der Waals surface area contributed by atoms with E-state index in [1.807, 2.05) is 42.2 Å². The smallest absolute Gasteiger partial charge is 0.254 e. The molecule has 0 aliphatic carbocycles. The number of likely N-dealkylation sites (tertiary alicyclic amines) is 1. The second kappa shape index (κ2) is 11.3. The summed E-state index contributed by atoms with van der Waals surface area (Å²) in [7, 11) is 0. The van der Waals surface area contributed by atoms with E-state index in [0.29, 0.717) is 17.4 Å². The first-order valence-electron chi connectivity index (χ1n) is 11.7. The van der Waals surface area contributed by atoms with Crippen LogP contribution < -0.4 is 15.2 Å². The monoisotopic (exact) mass is 471 g/mol. The third-order valence-corrected chi connectivity index (χ3v) is 5.95. The van der Waals surface area contributed by atoms with Gasteiger partial charge in [0.25, 0.3) is 5.91 Å². The number of hydrogen-bond donors (Lipinski definition) is 1. The average Bonchev–Trinajstić information content (AvgIpc) is 2.87. The van der Waals surface area contributed by atoms with Gasteiger partial charge in [-0.3, -0.25) is 9.59 Å². The number of ether oxygens (including phenoxy) is 2. The highest BCUT2D eigenvalue weighted by molar-refractivity contribution is 5.95. The van der Waals surface area contributed by atoms with E-state index in [9.17, 15) is 9.59 Å². The van der Waals surface area contributed by atoms with Gasteiger partial charge in [0.2, 0.25) is 11.8 Å². The molecule has 0 spiro atoms. The fourth-order valence-corrected chi connectivity index (χ4v) is 4.12. The highest BCUT2D eigenvalue weighted by Gasteiger charge is 2.23. The quantitative estimate of drug-likeness (QED) is 0.460. The maximum absolute atomic E-state index is 12.1. The number of carbonyl (C=O) groups is 2. The van der Waals surface area contributed by atoms with Gasteiger partial charge in [0.15, 0.2) is 0 Å². The minimum absolute atomic E-state index is 0.0600. The lowest BCUT2D eigenvalue weighted by Crippen LogP contribution is -2.38. The molecule has 3 aromatic rings. The Labute approximate surface area is 205 Å². The molecule has 0 unspecified atom stereocenters. The van der Waals surface area contributed by atoms with Crippen LogP contribution in [-0.2, 0) is 11.2 Å². The molecule has 35 heavy (non-hydrogen) atoms. The molecule has 0 atom stereocenters. The fraction of sp³-hybridized carbons (Fsp3) is 0.250. The Kier molecular flexibility index (Phi) is 7.77. The number of nitrogens with zero attached hydrogens (tertiary/aromatic N) is 2. The highest BCUT2D eigenvalue weighted by atomic mass is 16.5. The first-order chi connectivity index (χ1) is 17.0. The number of pyridine rings is 1. The molecule has 1 aromatic heterocycles. The van der Waals surface area contributed by atoms with Gasteiger partial charge in [0, 0.05) is 19.3 Å². The van der Waals surface area contributed by atoms with Crippen LogP contribution in [0.2, 0.25) is 0 Å². The number of primary amides is 1. The van der Waals surface area contributed by atoms with E-state index in [2.05, 4.69) is 4.98 Å². The van der Waals surface area contributed by atoms with Crippen LogP contribution in [-0.4, -0.2) is 34.8 Å².